The van der Waals surface area contributed by atoms with E-state index in [-0.39, 0.29) is 19.2 Å². The predicted molar refractivity (Wildman–Crippen MR) is 82.4 cm³/mol. The van der Waals surface area contributed by atoms with Crippen molar-refractivity contribution in [1.82, 2.24) is 4.31 Å². The minimum Gasteiger partial charge on any atom is -0.395 e. The molecular formula is C15H24N2O3S. The summed E-state index contributed by atoms with van der Waals surface area (Å²) in [6.07, 6.45) is 4.60. The summed E-state index contributed by atoms with van der Waals surface area (Å²) < 4.78 is 27.0. The van der Waals surface area contributed by atoms with Crippen LogP contribution in [0, 0.1) is 0 Å². The second kappa shape index (κ2) is 7.35. The third-order valence-corrected chi connectivity index (χ3v) is 5.98. The van der Waals surface area contributed by atoms with Crippen molar-refractivity contribution in [3.63, 3.8) is 0 Å². The molecule has 1 saturated carbocycles. The first kappa shape index (κ1) is 16.4. The molecule has 1 aromatic rings. The van der Waals surface area contributed by atoms with Crippen LogP contribution in [0.2, 0.25) is 0 Å². The molecule has 2 rings (SSSR count). The van der Waals surface area contributed by atoms with Crippen LogP contribution >= 0.6 is 0 Å². The predicted octanol–water partition coefficient (Wildman–Crippen LogP) is 1.11. The van der Waals surface area contributed by atoms with Gasteiger partial charge in [-0.05, 0) is 43.5 Å². The Bertz CT molecular complexity index is 537. The number of aliphatic hydroxyl groups excluding tert-OH is 1. The maximum Gasteiger partial charge on any atom is 0.243 e. The fraction of sp³-hybridized carbons (Fsp3) is 0.600. The summed E-state index contributed by atoms with van der Waals surface area (Å²) in [5.74, 6) is 0. The summed E-state index contributed by atoms with van der Waals surface area (Å²) in [7, 11) is -3.54. The van der Waals surface area contributed by atoms with Crippen molar-refractivity contribution in [2.75, 3.05) is 19.7 Å². The summed E-state index contributed by atoms with van der Waals surface area (Å²) in [6.45, 7) is 0.559. The highest BCUT2D eigenvalue weighted by atomic mass is 32.2. The normalized spacial score (nSPS) is 16.7. The molecule has 3 N–H and O–H groups in total. The highest BCUT2D eigenvalue weighted by Gasteiger charge is 2.32. The summed E-state index contributed by atoms with van der Waals surface area (Å²) in [5.41, 5.74) is 6.53. The molecule has 0 saturated heterocycles. The quantitative estimate of drug-likeness (QED) is 0.790. The first-order valence-electron chi connectivity index (χ1n) is 7.51. The van der Waals surface area contributed by atoms with Crippen LogP contribution in [0.25, 0.3) is 0 Å². The SMILES string of the molecule is NCCc1ccc(S(=O)(=O)N(CCO)C2CCCC2)cc1. The van der Waals surface area contributed by atoms with E-state index in [1.54, 1.807) is 12.1 Å². The minimum absolute atomic E-state index is 0.0193. The van der Waals surface area contributed by atoms with Crippen LogP contribution in [0.1, 0.15) is 31.2 Å². The van der Waals surface area contributed by atoms with Gasteiger partial charge in [-0.25, -0.2) is 8.42 Å². The molecule has 0 heterocycles. The largest absolute Gasteiger partial charge is 0.395 e. The molecule has 5 nitrogen and oxygen atoms in total. The van der Waals surface area contributed by atoms with Crippen LogP contribution < -0.4 is 5.73 Å². The number of aliphatic hydroxyl groups is 1. The van der Waals surface area contributed by atoms with Gasteiger partial charge in [-0.2, -0.15) is 4.31 Å². The molecule has 118 valence electrons. The van der Waals surface area contributed by atoms with Gasteiger partial charge in [0.25, 0.3) is 0 Å². The molecule has 0 aliphatic heterocycles. The maximum atomic E-state index is 12.8. The second-order valence-corrected chi connectivity index (χ2v) is 7.35. The van der Waals surface area contributed by atoms with E-state index in [4.69, 9.17) is 5.73 Å². The molecule has 0 aromatic heterocycles. The summed E-state index contributed by atoms with van der Waals surface area (Å²) in [5, 5.41) is 9.20. The molecule has 1 fully saturated rings. The highest BCUT2D eigenvalue weighted by molar-refractivity contribution is 7.89. The molecule has 1 aliphatic carbocycles. The number of hydrogen-bond donors (Lipinski definition) is 2. The zero-order valence-corrected chi connectivity index (χ0v) is 13.1. The van der Waals surface area contributed by atoms with Gasteiger partial charge in [0.05, 0.1) is 11.5 Å². The van der Waals surface area contributed by atoms with Crippen molar-refractivity contribution in [2.45, 2.75) is 43.0 Å². The molecule has 1 aromatic carbocycles. The van der Waals surface area contributed by atoms with Gasteiger partial charge in [-0.15, -0.1) is 0 Å². The van der Waals surface area contributed by atoms with Gasteiger partial charge in [-0.3, -0.25) is 0 Å². The number of nitrogens with zero attached hydrogens (tertiary/aromatic N) is 1. The molecule has 0 spiro atoms. The lowest BCUT2D eigenvalue weighted by Gasteiger charge is -2.27. The van der Waals surface area contributed by atoms with E-state index in [1.165, 1.54) is 4.31 Å². The molecule has 0 atom stereocenters. The zero-order chi connectivity index (χ0) is 15.3. The van der Waals surface area contributed by atoms with Crippen molar-refractivity contribution in [2.24, 2.45) is 5.73 Å². The Morgan fingerprint density at radius 2 is 1.81 bits per heavy atom. The number of nitrogens with two attached hydrogens (primary N) is 1. The molecule has 0 unspecified atom stereocenters. The molecule has 21 heavy (non-hydrogen) atoms. The molecular weight excluding hydrogens is 288 g/mol. The van der Waals surface area contributed by atoms with Crippen LogP contribution in [-0.4, -0.2) is 43.6 Å². The van der Waals surface area contributed by atoms with Crippen LogP contribution in [0.4, 0.5) is 0 Å². The van der Waals surface area contributed by atoms with Crippen molar-refractivity contribution in [1.29, 1.82) is 0 Å². The minimum atomic E-state index is -3.54. The second-order valence-electron chi connectivity index (χ2n) is 5.46. The Hall–Kier alpha value is -0.950. The van der Waals surface area contributed by atoms with Crippen LogP contribution in [0.3, 0.4) is 0 Å². The summed E-state index contributed by atoms with van der Waals surface area (Å²) >= 11 is 0. The smallest absolute Gasteiger partial charge is 0.243 e. The molecule has 0 amide bonds. The number of hydrogen-bond acceptors (Lipinski definition) is 4. The standard InChI is InChI=1S/C15H24N2O3S/c16-10-9-13-5-7-15(8-6-13)21(19,20)17(11-12-18)14-3-1-2-4-14/h5-8,14,18H,1-4,9-12,16H2. The van der Waals surface area contributed by atoms with Gasteiger partial charge in [0.15, 0.2) is 0 Å². The molecule has 1 aliphatic rings. The third kappa shape index (κ3) is 3.83. The van der Waals surface area contributed by atoms with E-state index in [2.05, 4.69) is 0 Å². The fourth-order valence-corrected chi connectivity index (χ4v) is 4.60. The van der Waals surface area contributed by atoms with E-state index < -0.39 is 10.0 Å². The van der Waals surface area contributed by atoms with Crippen LogP contribution in [0.5, 0.6) is 0 Å². The molecule has 0 radical (unpaired) electrons. The monoisotopic (exact) mass is 312 g/mol. The van der Waals surface area contributed by atoms with Gasteiger partial charge in [0.2, 0.25) is 10.0 Å². The van der Waals surface area contributed by atoms with Gasteiger partial charge in [-0.1, -0.05) is 25.0 Å². The van der Waals surface area contributed by atoms with E-state index >= 15 is 0 Å². The topological polar surface area (TPSA) is 83.6 Å². The zero-order valence-electron chi connectivity index (χ0n) is 12.2. The van der Waals surface area contributed by atoms with Crippen molar-refractivity contribution < 1.29 is 13.5 Å². The summed E-state index contributed by atoms with van der Waals surface area (Å²) in [4.78, 5) is 0.295. The Balaban J connectivity index is 2.24. The van der Waals surface area contributed by atoms with Crippen LogP contribution in [-0.2, 0) is 16.4 Å². The molecule has 6 heteroatoms. The van der Waals surface area contributed by atoms with Gasteiger partial charge in [0.1, 0.15) is 0 Å². The number of rotatable bonds is 7. The number of sulfonamides is 1. The van der Waals surface area contributed by atoms with E-state index in [9.17, 15) is 13.5 Å². The van der Waals surface area contributed by atoms with E-state index in [0.29, 0.717) is 11.4 Å². The Morgan fingerprint density at radius 1 is 1.19 bits per heavy atom. The van der Waals surface area contributed by atoms with Crippen molar-refractivity contribution in [3.8, 4) is 0 Å². The van der Waals surface area contributed by atoms with Crippen molar-refractivity contribution >= 4 is 10.0 Å². The first-order valence-corrected chi connectivity index (χ1v) is 8.95. The van der Waals surface area contributed by atoms with Gasteiger partial charge in [0, 0.05) is 12.6 Å². The lowest BCUT2D eigenvalue weighted by molar-refractivity contribution is 0.226. The fourth-order valence-electron chi connectivity index (χ4n) is 2.92. The van der Waals surface area contributed by atoms with Gasteiger partial charge < -0.3 is 10.8 Å². The average Bonchev–Trinajstić information content (AvgIpc) is 2.99. The van der Waals surface area contributed by atoms with Crippen LogP contribution in [0.15, 0.2) is 29.2 Å². The number of benzene rings is 1. The van der Waals surface area contributed by atoms with E-state index in [0.717, 1.165) is 37.7 Å². The third-order valence-electron chi connectivity index (χ3n) is 4.02. The maximum absolute atomic E-state index is 12.8. The van der Waals surface area contributed by atoms with E-state index in [1.807, 2.05) is 12.1 Å². The molecule has 0 bridgehead atoms. The highest BCUT2D eigenvalue weighted by Crippen LogP contribution is 2.28. The van der Waals surface area contributed by atoms with Gasteiger partial charge >= 0.3 is 0 Å². The average molecular weight is 312 g/mol. The van der Waals surface area contributed by atoms with Crippen molar-refractivity contribution in [3.05, 3.63) is 29.8 Å². The lowest BCUT2D eigenvalue weighted by atomic mass is 10.2. The first-order chi connectivity index (χ1) is 10.1. The Morgan fingerprint density at radius 3 is 2.33 bits per heavy atom. The summed E-state index contributed by atoms with van der Waals surface area (Å²) in [6, 6.07) is 6.92. The Labute approximate surface area is 126 Å². The Kier molecular flexibility index (Phi) is 5.75. The lowest BCUT2D eigenvalue weighted by Crippen LogP contribution is -2.40.